The van der Waals surface area contributed by atoms with Crippen LogP contribution in [0.5, 0.6) is 0 Å². The van der Waals surface area contributed by atoms with Gasteiger partial charge in [-0.2, -0.15) is 4.98 Å². The lowest BCUT2D eigenvalue weighted by atomic mass is 10.2. The van der Waals surface area contributed by atoms with Crippen molar-refractivity contribution in [2.75, 3.05) is 17.2 Å². The van der Waals surface area contributed by atoms with Gasteiger partial charge in [-0.1, -0.05) is 12.1 Å². The van der Waals surface area contributed by atoms with Crippen molar-refractivity contribution in [2.24, 2.45) is 0 Å². The van der Waals surface area contributed by atoms with Crippen molar-refractivity contribution in [3.8, 4) is 0 Å². The second-order valence-corrected chi connectivity index (χ2v) is 5.67. The molecular weight excluding hydrogens is 260 g/mol. The minimum Gasteiger partial charge on any atom is -0.423 e. The lowest BCUT2D eigenvalue weighted by Crippen LogP contribution is -2.29. The smallest absolute Gasteiger partial charge is 0.298 e. The van der Waals surface area contributed by atoms with Gasteiger partial charge >= 0.3 is 0 Å². The van der Waals surface area contributed by atoms with E-state index >= 15 is 0 Å². The van der Waals surface area contributed by atoms with E-state index in [1.54, 1.807) is 11.3 Å². The molecule has 0 aliphatic carbocycles. The molecule has 1 aliphatic heterocycles. The predicted octanol–water partition coefficient (Wildman–Crippen LogP) is 2.43. The summed E-state index contributed by atoms with van der Waals surface area (Å²) in [4.78, 5) is 12.2. The molecule has 4 rings (SSSR count). The highest BCUT2D eigenvalue weighted by Gasteiger charge is 2.23. The molecule has 0 spiro atoms. The maximum Gasteiger partial charge on any atom is 0.298 e. The summed E-state index contributed by atoms with van der Waals surface area (Å²) >= 11 is 1.55. The van der Waals surface area contributed by atoms with Crippen LogP contribution in [0.2, 0.25) is 0 Å². The Bertz CT molecular complexity index is 715. The maximum absolute atomic E-state index is 5.80. The minimum absolute atomic E-state index is 0.643. The molecule has 0 fully saturated rings. The molecule has 0 atom stereocenters. The SMILES string of the molecule is Nc1nc2c(s1)CN(c1nc3ccccc3o1)CC2. The van der Waals surface area contributed by atoms with Gasteiger partial charge in [0.2, 0.25) is 0 Å². The van der Waals surface area contributed by atoms with Crippen LogP contribution in [0, 0.1) is 0 Å². The number of para-hydroxylation sites is 2. The van der Waals surface area contributed by atoms with Crippen LogP contribution in [0.15, 0.2) is 28.7 Å². The monoisotopic (exact) mass is 272 g/mol. The summed E-state index contributed by atoms with van der Waals surface area (Å²) in [5.74, 6) is 0. The normalized spacial score (nSPS) is 14.8. The minimum atomic E-state index is 0.643. The van der Waals surface area contributed by atoms with Crippen molar-refractivity contribution in [3.05, 3.63) is 34.8 Å². The van der Waals surface area contributed by atoms with Crippen molar-refractivity contribution in [2.45, 2.75) is 13.0 Å². The number of hydrogen-bond donors (Lipinski definition) is 1. The molecule has 0 bridgehead atoms. The topological polar surface area (TPSA) is 68.2 Å². The average molecular weight is 272 g/mol. The third-order valence-corrected chi connectivity index (χ3v) is 4.21. The first-order chi connectivity index (χ1) is 9.29. The Balaban J connectivity index is 1.70. The Hall–Kier alpha value is -2.08. The summed E-state index contributed by atoms with van der Waals surface area (Å²) in [5, 5.41) is 0.643. The van der Waals surface area contributed by atoms with Crippen LogP contribution in [-0.4, -0.2) is 16.5 Å². The van der Waals surface area contributed by atoms with Crippen molar-refractivity contribution in [3.63, 3.8) is 0 Å². The van der Waals surface area contributed by atoms with Crippen LogP contribution in [-0.2, 0) is 13.0 Å². The van der Waals surface area contributed by atoms with Gasteiger partial charge in [-0.3, -0.25) is 0 Å². The average Bonchev–Trinajstić information content (AvgIpc) is 2.99. The lowest BCUT2D eigenvalue weighted by molar-refractivity contribution is 0.555. The molecule has 1 aromatic carbocycles. The number of benzene rings is 1. The number of thiazole rings is 1. The van der Waals surface area contributed by atoms with Gasteiger partial charge in [0.1, 0.15) is 5.52 Å². The van der Waals surface area contributed by atoms with E-state index in [2.05, 4.69) is 14.9 Å². The second kappa shape index (κ2) is 3.96. The van der Waals surface area contributed by atoms with Crippen molar-refractivity contribution in [1.29, 1.82) is 0 Å². The van der Waals surface area contributed by atoms with Gasteiger partial charge in [-0.15, -0.1) is 11.3 Å². The summed E-state index contributed by atoms with van der Waals surface area (Å²) in [6.45, 7) is 1.64. The van der Waals surface area contributed by atoms with Gasteiger partial charge in [0, 0.05) is 17.8 Å². The molecule has 2 N–H and O–H groups in total. The highest BCUT2D eigenvalue weighted by Crippen LogP contribution is 2.30. The first kappa shape index (κ1) is 10.8. The number of nitrogens with two attached hydrogens (primary N) is 1. The van der Waals surface area contributed by atoms with Gasteiger partial charge in [-0.25, -0.2) is 4.98 Å². The molecule has 3 heterocycles. The van der Waals surface area contributed by atoms with Gasteiger partial charge in [-0.05, 0) is 12.1 Å². The number of oxazole rings is 1. The highest BCUT2D eigenvalue weighted by atomic mass is 32.1. The van der Waals surface area contributed by atoms with E-state index in [-0.39, 0.29) is 0 Å². The number of aromatic nitrogens is 2. The quantitative estimate of drug-likeness (QED) is 0.737. The Morgan fingerprint density at radius 3 is 3.05 bits per heavy atom. The third kappa shape index (κ3) is 1.76. The van der Waals surface area contributed by atoms with Gasteiger partial charge in [0.15, 0.2) is 10.7 Å². The molecule has 96 valence electrons. The van der Waals surface area contributed by atoms with E-state index in [0.717, 1.165) is 36.3 Å². The van der Waals surface area contributed by atoms with Crippen LogP contribution in [0.25, 0.3) is 11.1 Å². The lowest BCUT2D eigenvalue weighted by Gasteiger charge is -2.23. The Morgan fingerprint density at radius 1 is 1.26 bits per heavy atom. The number of fused-ring (bicyclic) bond motifs is 2. The molecule has 5 nitrogen and oxygen atoms in total. The van der Waals surface area contributed by atoms with E-state index in [1.807, 2.05) is 24.3 Å². The van der Waals surface area contributed by atoms with E-state index < -0.39 is 0 Å². The Labute approximate surface area is 113 Å². The molecule has 0 saturated carbocycles. The maximum atomic E-state index is 5.80. The first-order valence-electron chi connectivity index (χ1n) is 6.14. The molecule has 0 unspecified atom stereocenters. The second-order valence-electron chi connectivity index (χ2n) is 4.56. The summed E-state index contributed by atoms with van der Waals surface area (Å²) in [6, 6.07) is 8.50. The molecule has 1 aliphatic rings. The molecular formula is C13H12N4OS. The Morgan fingerprint density at radius 2 is 2.16 bits per heavy atom. The summed E-state index contributed by atoms with van der Waals surface area (Å²) in [6.07, 6.45) is 0.891. The Kier molecular flexibility index (Phi) is 2.25. The molecule has 0 saturated heterocycles. The van der Waals surface area contributed by atoms with Crippen LogP contribution in [0.3, 0.4) is 0 Å². The summed E-state index contributed by atoms with van der Waals surface area (Å²) in [5.41, 5.74) is 8.60. The highest BCUT2D eigenvalue weighted by molar-refractivity contribution is 7.15. The molecule has 19 heavy (non-hydrogen) atoms. The fraction of sp³-hybridized carbons (Fsp3) is 0.231. The number of rotatable bonds is 1. The molecule has 2 aromatic heterocycles. The van der Waals surface area contributed by atoms with Crippen LogP contribution >= 0.6 is 11.3 Å². The molecule has 0 radical (unpaired) electrons. The summed E-state index contributed by atoms with van der Waals surface area (Å²) < 4.78 is 5.80. The molecule has 0 amide bonds. The van der Waals surface area contributed by atoms with Gasteiger partial charge in [0.25, 0.3) is 6.01 Å². The van der Waals surface area contributed by atoms with E-state index in [4.69, 9.17) is 10.2 Å². The number of nitrogen functional groups attached to an aromatic ring is 1. The van der Waals surface area contributed by atoms with Crippen LogP contribution in [0.1, 0.15) is 10.6 Å². The van der Waals surface area contributed by atoms with Gasteiger partial charge in [0.05, 0.1) is 12.2 Å². The van der Waals surface area contributed by atoms with Crippen molar-refractivity contribution in [1.82, 2.24) is 9.97 Å². The van der Waals surface area contributed by atoms with Crippen molar-refractivity contribution >= 4 is 33.6 Å². The van der Waals surface area contributed by atoms with E-state index in [0.29, 0.717) is 11.1 Å². The zero-order valence-corrected chi connectivity index (χ0v) is 11.0. The number of hydrogen-bond acceptors (Lipinski definition) is 6. The molecule has 3 aromatic rings. The fourth-order valence-corrected chi connectivity index (χ4v) is 3.27. The van der Waals surface area contributed by atoms with Crippen LogP contribution < -0.4 is 10.6 Å². The third-order valence-electron chi connectivity index (χ3n) is 3.30. The summed E-state index contributed by atoms with van der Waals surface area (Å²) in [7, 11) is 0. The van der Waals surface area contributed by atoms with Crippen molar-refractivity contribution < 1.29 is 4.42 Å². The first-order valence-corrected chi connectivity index (χ1v) is 6.96. The molecule has 6 heteroatoms. The fourth-order valence-electron chi connectivity index (χ4n) is 2.37. The zero-order valence-electron chi connectivity index (χ0n) is 10.2. The van der Waals surface area contributed by atoms with E-state index in [9.17, 15) is 0 Å². The standard InChI is InChI=1S/C13H12N4OS/c14-12-15-9-5-6-17(7-11(9)19-12)13-16-8-3-1-2-4-10(8)18-13/h1-4H,5-7H2,(H2,14,15). The number of anilines is 2. The van der Waals surface area contributed by atoms with E-state index in [1.165, 1.54) is 4.88 Å². The predicted molar refractivity (Wildman–Crippen MR) is 75.3 cm³/mol. The number of nitrogens with zero attached hydrogens (tertiary/aromatic N) is 3. The van der Waals surface area contributed by atoms with Gasteiger partial charge < -0.3 is 15.1 Å². The zero-order chi connectivity index (χ0) is 12.8. The largest absolute Gasteiger partial charge is 0.423 e. The van der Waals surface area contributed by atoms with Crippen LogP contribution in [0.4, 0.5) is 11.1 Å².